The molecule has 0 spiro atoms. The lowest BCUT2D eigenvalue weighted by molar-refractivity contribution is -0.137. The Morgan fingerprint density at radius 3 is 2.30 bits per heavy atom. The van der Waals surface area contributed by atoms with Crippen LogP contribution in [0.3, 0.4) is 0 Å². The molecule has 1 atom stereocenters. The Balaban J connectivity index is 2.11. The Hall–Kier alpha value is -2.90. The van der Waals surface area contributed by atoms with E-state index < -0.39 is 35.9 Å². The number of urea groups is 1. The van der Waals surface area contributed by atoms with E-state index in [0.717, 1.165) is 10.5 Å². The Labute approximate surface area is 157 Å². The maximum atomic E-state index is 12.8. The predicted octanol–water partition coefficient (Wildman–Crippen LogP) is 1.34. The van der Waals surface area contributed by atoms with E-state index in [1.807, 2.05) is 12.1 Å². The number of carboxylic acid groups (broad SMARTS) is 1. The third kappa shape index (κ3) is 4.45. The summed E-state index contributed by atoms with van der Waals surface area (Å²) in [5.41, 5.74) is 0.431. The molecule has 1 aliphatic rings. The van der Waals surface area contributed by atoms with E-state index in [4.69, 9.17) is 5.11 Å². The summed E-state index contributed by atoms with van der Waals surface area (Å²) in [6.07, 6.45) is -0.232. The first kappa shape index (κ1) is 20.4. The summed E-state index contributed by atoms with van der Waals surface area (Å²) < 4.78 is 0. The third-order valence-electron chi connectivity index (χ3n) is 4.57. The van der Waals surface area contributed by atoms with E-state index in [9.17, 15) is 19.2 Å². The van der Waals surface area contributed by atoms with Gasteiger partial charge in [0.05, 0.1) is 6.42 Å². The SMILES string of the molecule is CC(C)(C)c1ccc(C2(C)NC(=O)N(CC(=O)NCCC(=O)O)C2=O)cc1. The molecule has 1 aliphatic heterocycles. The molecule has 0 radical (unpaired) electrons. The van der Waals surface area contributed by atoms with Crippen molar-refractivity contribution in [3.63, 3.8) is 0 Å². The van der Waals surface area contributed by atoms with E-state index in [1.165, 1.54) is 0 Å². The molecule has 27 heavy (non-hydrogen) atoms. The minimum absolute atomic E-state index is 0.0392. The zero-order chi connectivity index (χ0) is 20.4. The van der Waals surface area contributed by atoms with Crippen molar-refractivity contribution >= 4 is 23.8 Å². The number of hydrogen-bond donors (Lipinski definition) is 3. The number of carbonyl (C=O) groups is 4. The van der Waals surface area contributed by atoms with Crippen LogP contribution in [0.1, 0.15) is 45.2 Å². The molecule has 1 fully saturated rings. The second-order valence-electron chi connectivity index (χ2n) is 7.77. The van der Waals surface area contributed by atoms with Crippen LogP contribution in [-0.4, -0.2) is 46.9 Å². The van der Waals surface area contributed by atoms with Crippen LogP contribution in [0.15, 0.2) is 24.3 Å². The van der Waals surface area contributed by atoms with Crippen LogP contribution in [0, 0.1) is 0 Å². The van der Waals surface area contributed by atoms with Crippen molar-refractivity contribution in [2.24, 2.45) is 0 Å². The molecule has 1 aromatic carbocycles. The number of amides is 4. The number of hydrogen-bond acceptors (Lipinski definition) is 4. The number of carbonyl (C=O) groups excluding carboxylic acids is 3. The highest BCUT2D eigenvalue weighted by atomic mass is 16.4. The molecular weight excluding hydrogens is 350 g/mol. The van der Waals surface area contributed by atoms with Crippen molar-refractivity contribution in [3.8, 4) is 0 Å². The molecule has 4 amide bonds. The highest BCUT2D eigenvalue weighted by Crippen LogP contribution is 2.30. The molecule has 0 aliphatic carbocycles. The Kier molecular flexibility index (Phi) is 5.58. The minimum atomic E-state index is -1.26. The molecule has 2 rings (SSSR count). The molecule has 8 heteroatoms. The highest BCUT2D eigenvalue weighted by Gasteiger charge is 2.49. The molecular formula is C19H25N3O5. The third-order valence-corrected chi connectivity index (χ3v) is 4.57. The van der Waals surface area contributed by atoms with E-state index in [1.54, 1.807) is 19.1 Å². The fraction of sp³-hybridized carbons (Fsp3) is 0.474. The Bertz CT molecular complexity index is 767. The van der Waals surface area contributed by atoms with Gasteiger partial charge in [-0.3, -0.25) is 19.3 Å². The van der Waals surface area contributed by atoms with Crippen LogP contribution in [0.25, 0.3) is 0 Å². The first-order chi connectivity index (χ1) is 12.4. The normalized spacial score (nSPS) is 19.8. The zero-order valence-electron chi connectivity index (χ0n) is 16.0. The molecule has 1 heterocycles. The maximum Gasteiger partial charge on any atom is 0.325 e. The molecule has 0 saturated carbocycles. The number of nitrogens with one attached hydrogen (secondary N) is 2. The Morgan fingerprint density at radius 2 is 1.78 bits per heavy atom. The van der Waals surface area contributed by atoms with Crippen molar-refractivity contribution in [1.82, 2.24) is 15.5 Å². The highest BCUT2D eigenvalue weighted by molar-refractivity contribution is 6.09. The maximum absolute atomic E-state index is 12.8. The van der Waals surface area contributed by atoms with Gasteiger partial charge in [0.1, 0.15) is 12.1 Å². The predicted molar refractivity (Wildman–Crippen MR) is 98.0 cm³/mol. The summed E-state index contributed by atoms with van der Waals surface area (Å²) in [7, 11) is 0. The second kappa shape index (κ2) is 7.38. The number of imide groups is 1. The van der Waals surface area contributed by atoms with Crippen LogP contribution in [-0.2, 0) is 25.3 Å². The minimum Gasteiger partial charge on any atom is -0.481 e. The molecule has 1 aromatic rings. The van der Waals surface area contributed by atoms with Gasteiger partial charge in [-0.05, 0) is 23.5 Å². The molecule has 0 bridgehead atoms. The topological polar surface area (TPSA) is 116 Å². The molecule has 3 N–H and O–H groups in total. The lowest BCUT2D eigenvalue weighted by atomic mass is 9.84. The molecule has 0 aromatic heterocycles. The van der Waals surface area contributed by atoms with Gasteiger partial charge in [-0.25, -0.2) is 4.79 Å². The van der Waals surface area contributed by atoms with Crippen molar-refractivity contribution in [2.75, 3.05) is 13.1 Å². The smallest absolute Gasteiger partial charge is 0.325 e. The van der Waals surface area contributed by atoms with Crippen molar-refractivity contribution in [1.29, 1.82) is 0 Å². The first-order valence-corrected chi connectivity index (χ1v) is 8.69. The number of aliphatic carboxylic acids is 1. The average molecular weight is 375 g/mol. The first-order valence-electron chi connectivity index (χ1n) is 8.69. The van der Waals surface area contributed by atoms with Gasteiger partial charge in [0, 0.05) is 6.54 Å². The largest absolute Gasteiger partial charge is 0.481 e. The van der Waals surface area contributed by atoms with Crippen molar-refractivity contribution < 1.29 is 24.3 Å². The summed E-state index contributed by atoms with van der Waals surface area (Å²) in [5, 5.41) is 13.6. The summed E-state index contributed by atoms with van der Waals surface area (Å²) in [6, 6.07) is 6.78. The summed E-state index contributed by atoms with van der Waals surface area (Å²) in [4.78, 5) is 48.3. The van der Waals surface area contributed by atoms with E-state index in [0.29, 0.717) is 5.56 Å². The molecule has 1 unspecified atom stereocenters. The van der Waals surface area contributed by atoms with Crippen LogP contribution in [0.2, 0.25) is 0 Å². The number of rotatable bonds is 6. The van der Waals surface area contributed by atoms with E-state index in [2.05, 4.69) is 31.4 Å². The molecule has 8 nitrogen and oxygen atoms in total. The van der Waals surface area contributed by atoms with Gasteiger partial charge in [0.15, 0.2) is 0 Å². The molecule has 146 valence electrons. The molecule has 1 saturated heterocycles. The van der Waals surface area contributed by atoms with Crippen LogP contribution >= 0.6 is 0 Å². The van der Waals surface area contributed by atoms with Gasteiger partial charge in [0.2, 0.25) is 5.91 Å². The monoisotopic (exact) mass is 375 g/mol. The van der Waals surface area contributed by atoms with Crippen molar-refractivity contribution in [2.45, 2.75) is 45.1 Å². The number of carboxylic acids is 1. The van der Waals surface area contributed by atoms with Gasteiger partial charge in [-0.1, -0.05) is 45.0 Å². The van der Waals surface area contributed by atoms with Gasteiger partial charge in [0.25, 0.3) is 5.91 Å². The lowest BCUT2D eigenvalue weighted by Gasteiger charge is -2.24. The summed E-state index contributed by atoms with van der Waals surface area (Å²) in [5.74, 6) is -2.16. The Morgan fingerprint density at radius 1 is 1.19 bits per heavy atom. The van der Waals surface area contributed by atoms with Gasteiger partial charge in [-0.2, -0.15) is 0 Å². The summed E-state index contributed by atoms with van der Waals surface area (Å²) in [6.45, 7) is 7.32. The van der Waals surface area contributed by atoms with Crippen LogP contribution < -0.4 is 10.6 Å². The van der Waals surface area contributed by atoms with Gasteiger partial charge >= 0.3 is 12.0 Å². The van der Waals surface area contributed by atoms with Crippen LogP contribution in [0.5, 0.6) is 0 Å². The van der Waals surface area contributed by atoms with E-state index >= 15 is 0 Å². The number of benzene rings is 1. The van der Waals surface area contributed by atoms with Crippen LogP contribution in [0.4, 0.5) is 4.79 Å². The fourth-order valence-corrected chi connectivity index (χ4v) is 2.85. The van der Waals surface area contributed by atoms with Crippen molar-refractivity contribution in [3.05, 3.63) is 35.4 Å². The standard InChI is InChI=1S/C19H25N3O5/c1-18(2,3)12-5-7-13(8-6-12)19(4)16(26)22(17(27)21-19)11-14(23)20-10-9-15(24)25/h5-8H,9-11H2,1-4H3,(H,20,23)(H,21,27)(H,24,25). The zero-order valence-corrected chi connectivity index (χ0v) is 16.0. The summed E-state index contributed by atoms with van der Waals surface area (Å²) >= 11 is 0. The second-order valence-corrected chi connectivity index (χ2v) is 7.77. The lowest BCUT2D eigenvalue weighted by Crippen LogP contribution is -2.43. The van der Waals surface area contributed by atoms with Gasteiger partial charge < -0.3 is 15.7 Å². The average Bonchev–Trinajstić information content (AvgIpc) is 2.78. The fourth-order valence-electron chi connectivity index (χ4n) is 2.85. The van der Waals surface area contributed by atoms with Gasteiger partial charge in [-0.15, -0.1) is 0 Å². The quantitative estimate of drug-likeness (QED) is 0.649. The van der Waals surface area contributed by atoms with E-state index in [-0.39, 0.29) is 18.4 Å². The number of nitrogens with zero attached hydrogens (tertiary/aromatic N) is 1.